The van der Waals surface area contributed by atoms with Gasteiger partial charge in [-0.1, -0.05) is 42.0 Å². The Labute approximate surface area is 126 Å². The fourth-order valence-electron chi connectivity index (χ4n) is 3.70. The molecule has 0 fully saturated rings. The molecule has 0 radical (unpaired) electrons. The molecule has 0 spiro atoms. The van der Waals surface area contributed by atoms with Gasteiger partial charge in [0.25, 0.3) is 0 Å². The molecule has 0 aliphatic heterocycles. The van der Waals surface area contributed by atoms with Crippen LogP contribution in [0.5, 0.6) is 0 Å². The molecule has 1 aliphatic rings. The Hall–Kier alpha value is -2.02. The van der Waals surface area contributed by atoms with Gasteiger partial charge >= 0.3 is 0 Å². The highest BCUT2D eigenvalue weighted by molar-refractivity contribution is 5.86. The number of hydrogen-bond acceptors (Lipinski definition) is 0. The predicted molar refractivity (Wildman–Crippen MR) is 88.9 cm³/mol. The first kappa shape index (κ1) is 12.7. The van der Waals surface area contributed by atoms with Crippen LogP contribution in [0.3, 0.4) is 0 Å². The van der Waals surface area contributed by atoms with Crippen molar-refractivity contribution in [1.82, 2.24) is 4.57 Å². The molecule has 1 heterocycles. The molecule has 0 atom stereocenters. The minimum atomic E-state index is 0.996. The second-order valence-corrected chi connectivity index (χ2v) is 6.22. The van der Waals surface area contributed by atoms with Gasteiger partial charge in [-0.25, -0.2) is 0 Å². The van der Waals surface area contributed by atoms with Gasteiger partial charge in [0.15, 0.2) is 0 Å². The molecule has 1 aromatic heterocycles. The largest absolute Gasteiger partial charge is 0.340 e. The molecule has 0 saturated carbocycles. The van der Waals surface area contributed by atoms with E-state index in [9.17, 15) is 0 Å². The number of aryl methyl sites for hydroxylation is 2. The van der Waals surface area contributed by atoms with Crippen LogP contribution < -0.4 is 0 Å². The van der Waals surface area contributed by atoms with Crippen LogP contribution in [0.4, 0.5) is 0 Å². The summed E-state index contributed by atoms with van der Waals surface area (Å²) in [7, 11) is 0. The Morgan fingerprint density at radius 2 is 1.76 bits per heavy atom. The first-order valence-electron chi connectivity index (χ1n) is 7.97. The standard InChI is InChI=1S/C20H21N/c1-15-11-12-20-18(13-15)17-9-5-6-10-19(17)21(20)14-16-7-3-2-4-8-16/h2-4,7-8,11-13H,5-6,9-10,14H2,1H3. The third-order valence-corrected chi connectivity index (χ3v) is 4.72. The Morgan fingerprint density at radius 1 is 0.952 bits per heavy atom. The van der Waals surface area contributed by atoms with Crippen molar-refractivity contribution in [3.05, 3.63) is 70.9 Å². The zero-order valence-electron chi connectivity index (χ0n) is 12.6. The van der Waals surface area contributed by atoms with Gasteiger partial charge in [-0.05, 0) is 55.9 Å². The monoisotopic (exact) mass is 275 g/mol. The molecule has 1 nitrogen and oxygen atoms in total. The van der Waals surface area contributed by atoms with Crippen LogP contribution >= 0.6 is 0 Å². The minimum Gasteiger partial charge on any atom is -0.340 e. The summed E-state index contributed by atoms with van der Waals surface area (Å²) in [5.74, 6) is 0. The fraction of sp³-hybridized carbons (Fsp3) is 0.300. The molecule has 106 valence electrons. The number of rotatable bonds is 2. The highest BCUT2D eigenvalue weighted by Gasteiger charge is 2.19. The van der Waals surface area contributed by atoms with Crippen LogP contribution in [-0.4, -0.2) is 4.57 Å². The zero-order chi connectivity index (χ0) is 14.2. The van der Waals surface area contributed by atoms with Crippen LogP contribution in [0.25, 0.3) is 10.9 Å². The van der Waals surface area contributed by atoms with Crippen molar-refractivity contribution < 1.29 is 0 Å². The van der Waals surface area contributed by atoms with Crippen LogP contribution in [0.2, 0.25) is 0 Å². The summed E-state index contributed by atoms with van der Waals surface area (Å²) in [5.41, 5.74) is 7.36. The Balaban J connectivity index is 1.91. The normalized spacial score (nSPS) is 14.3. The van der Waals surface area contributed by atoms with Gasteiger partial charge in [0, 0.05) is 23.1 Å². The molecular weight excluding hydrogens is 254 g/mol. The highest BCUT2D eigenvalue weighted by Crippen LogP contribution is 2.33. The smallest absolute Gasteiger partial charge is 0.0488 e. The SMILES string of the molecule is Cc1ccc2c(c1)c1c(n2Cc2ccccc2)CCCC1. The summed E-state index contributed by atoms with van der Waals surface area (Å²) < 4.78 is 2.55. The van der Waals surface area contributed by atoms with Crippen molar-refractivity contribution in [2.24, 2.45) is 0 Å². The van der Waals surface area contributed by atoms with E-state index in [2.05, 4.69) is 60.0 Å². The van der Waals surface area contributed by atoms with E-state index < -0.39 is 0 Å². The van der Waals surface area contributed by atoms with Crippen molar-refractivity contribution in [1.29, 1.82) is 0 Å². The van der Waals surface area contributed by atoms with Crippen LogP contribution in [-0.2, 0) is 19.4 Å². The highest BCUT2D eigenvalue weighted by atomic mass is 15.0. The quantitative estimate of drug-likeness (QED) is 0.628. The van der Waals surface area contributed by atoms with Crippen LogP contribution in [0.1, 0.15) is 35.2 Å². The maximum Gasteiger partial charge on any atom is 0.0488 e. The van der Waals surface area contributed by atoms with Crippen molar-refractivity contribution in [3.8, 4) is 0 Å². The minimum absolute atomic E-state index is 0.996. The number of fused-ring (bicyclic) bond motifs is 3. The lowest BCUT2D eigenvalue weighted by Gasteiger charge is -2.16. The third-order valence-electron chi connectivity index (χ3n) is 4.72. The maximum absolute atomic E-state index is 2.55. The lowest BCUT2D eigenvalue weighted by Crippen LogP contribution is -2.09. The van der Waals surface area contributed by atoms with E-state index in [1.165, 1.54) is 47.7 Å². The molecule has 0 bridgehead atoms. The summed E-state index contributed by atoms with van der Waals surface area (Å²) in [6, 6.07) is 17.8. The number of aromatic nitrogens is 1. The fourth-order valence-corrected chi connectivity index (χ4v) is 3.70. The number of hydrogen-bond donors (Lipinski definition) is 0. The van der Waals surface area contributed by atoms with E-state index in [1.807, 2.05) is 0 Å². The van der Waals surface area contributed by atoms with Crippen molar-refractivity contribution in [2.45, 2.75) is 39.2 Å². The first-order chi connectivity index (χ1) is 10.3. The molecule has 0 unspecified atom stereocenters. The molecule has 0 saturated heterocycles. The first-order valence-corrected chi connectivity index (χ1v) is 7.97. The maximum atomic E-state index is 2.55. The van der Waals surface area contributed by atoms with E-state index in [4.69, 9.17) is 0 Å². The predicted octanol–water partition coefficient (Wildman–Crippen LogP) is 4.88. The zero-order valence-corrected chi connectivity index (χ0v) is 12.6. The van der Waals surface area contributed by atoms with E-state index in [-0.39, 0.29) is 0 Å². The van der Waals surface area contributed by atoms with Gasteiger partial charge in [-0.3, -0.25) is 0 Å². The molecule has 1 heteroatoms. The lowest BCUT2D eigenvalue weighted by atomic mass is 9.95. The average molecular weight is 275 g/mol. The van der Waals surface area contributed by atoms with Gasteiger partial charge in [0.1, 0.15) is 0 Å². The Kier molecular flexibility index (Phi) is 3.07. The Morgan fingerprint density at radius 3 is 2.62 bits per heavy atom. The van der Waals surface area contributed by atoms with Gasteiger partial charge in [-0.15, -0.1) is 0 Å². The lowest BCUT2D eigenvalue weighted by molar-refractivity contribution is 0.638. The van der Waals surface area contributed by atoms with Crippen LogP contribution in [0.15, 0.2) is 48.5 Å². The van der Waals surface area contributed by atoms with Crippen molar-refractivity contribution in [2.75, 3.05) is 0 Å². The van der Waals surface area contributed by atoms with Crippen molar-refractivity contribution >= 4 is 10.9 Å². The van der Waals surface area contributed by atoms with Gasteiger partial charge in [0.05, 0.1) is 0 Å². The summed E-state index contributed by atoms with van der Waals surface area (Å²) in [6.45, 7) is 3.19. The van der Waals surface area contributed by atoms with Crippen molar-refractivity contribution in [3.63, 3.8) is 0 Å². The van der Waals surface area contributed by atoms with Crippen LogP contribution in [0, 0.1) is 6.92 Å². The number of benzene rings is 2. The topological polar surface area (TPSA) is 4.93 Å². The molecular formula is C20H21N. The number of nitrogens with zero attached hydrogens (tertiary/aromatic N) is 1. The van der Waals surface area contributed by atoms with E-state index in [0.717, 1.165) is 6.54 Å². The molecule has 2 aromatic carbocycles. The van der Waals surface area contributed by atoms with Gasteiger partial charge in [0.2, 0.25) is 0 Å². The summed E-state index contributed by atoms with van der Waals surface area (Å²) >= 11 is 0. The third kappa shape index (κ3) is 2.17. The van der Waals surface area contributed by atoms with Gasteiger partial charge < -0.3 is 4.57 Å². The van der Waals surface area contributed by atoms with Gasteiger partial charge in [-0.2, -0.15) is 0 Å². The molecule has 4 rings (SSSR count). The molecule has 1 aliphatic carbocycles. The summed E-state index contributed by atoms with van der Waals surface area (Å²) in [6.07, 6.45) is 5.15. The second kappa shape index (κ2) is 5.07. The summed E-state index contributed by atoms with van der Waals surface area (Å²) in [4.78, 5) is 0. The summed E-state index contributed by atoms with van der Waals surface area (Å²) in [5, 5.41) is 1.49. The average Bonchev–Trinajstić information content (AvgIpc) is 2.82. The molecule has 0 N–H and O–H groups in total. The van der Waals surface area contributed by atoms with E-state index in [1.54, 1.807) is 11.3 Å². The van der Waals surface area contributed by atoms with E-state index in [0.29, 0.717) is 0 Å². The van der Waals surface area contributed by atoms with E-state index >= 15 is 0 Å². The molecule has 3 aromatic rings. The Bertz CT molecular complexity index is 780. The molecule has 0 amide bonds. The molecule has 21 heavy (non-hydrogen) atoms. The second-order valence-electron chi connectivity index (χ2n) is 6.22.